The molecular weight excluding hydrogens is 332 g/mol. The van der Waals surface area contributed by atoms with E-state index in [-0.39, 0.29) is 11.5 Å². The van der Waals surface area contributed by atoms with Crippen molar-refractivity contribution in [1.82, 2.24) is 4.90 Å². The molecule has 92 valence electrons. The van der Waals surface area contributed by atoms with Gasteiger partial charge in [0.15, 0.2) is 0 Å². The van der Waals surface area contributed by atoms with Gasteiger partial charge < -0.3 is 4.90 Å². The normalized spacial score (nSPS) is 15.9. The minimum Gasteiger partial charge on any atom is -0.344 e. The second-order valence-electron chi connectivity index (χ2n) is 3.77. The third-order valence-electron chi connectivity index (χ3n) is 2.25. The number of likely N-dealkylation sites (N-methyl/N-ethyl adjacent to an activating group) is 1. The summed E-state index contributed by atoms with van der Waals surface area (Å²) in [7, 11) is 3.29. The molecule has 0 aliphatic carbocycles. The second-order valence-corrected chi connectivity index (χ2v) is 7.05. The predicted molar refractivity (Wildman–Crippen MR) is 77.2 cm³/mol. The van der Waals surface area contributed by atoms with Crippen molar-refractivity contribution in [1.29, 1.82) is 5.26 Å². The topological polar surface area (TPSA) is 44.1 Å². The van der Waals surface area contributed by atoms with Crippen molar-refractivity contribution in [2.45, 2.75) is 9.79 Å². The van der Waals surface area contributed by atoms with Gasteiger partial charge in [-0.2, -0.15) is 5.26 Å². The van der Waals surface area contributed by atoms with Crippen molar-refractivity contribution in [3.8, 4) is 6.07 Å². The maximum atomic E-state index is 11.9. The maximum Gasteiger partial charge on any atom is 0.265 e. The minimum atomic E-state index is -0.251. The average Bonchev–Trinajstić information content (AvgIpc) is 2.72. The molecule has 0 atom stereocenters. The van der Waals surface area contributed by atoms with E-state index >= 15 is 0 Å². The van der Waals surface area contributed by atoms with Crippen LogP contribution in [0, 0.1) is 11.3 Å². The smallest absolute Gasteiger partial charge is 0.265 e. The Balaban J connectivity index is 2.39. The molecule has 0 saturated carbocycles. The maximum absolute atomic E-state index is 11.9. The molecule has 1 aromatic rings. The zero-order valence-corrected chi connectivity index (χ0v) is 12.9. The molecule has 0 spiro atoms. The quantitative estimate of drug-likeness (QED) is 0.580. The van der Waals surface area contributed by atoms with Crippen LogP contribution in [0.15, 0.2) is 42.3 Å². The van der Waals surface area contributed by atoms with Gasteiger partial charge in [0.25, 0.3) is 5.91 Å². The highest BCUT2D eigenvalue weighted by molar-refractivity contribution is 9.10. The molecule has 0 saturated heterocycles. The summed E-state index contributed by atoms with van der Waals surface area (Å²) in [4.78, 5) is 15.5. The second kappa shape index (κ2) is 5.39. The van der Waals surface area contributed by atoms with Crippen LogP contribution in [-0.4, -0.2) is 24.9 Å². The lowest BCUT2D eigenvalue weighted by Crippen LogP contribution is -2.23. The van der Waals surface area contributed by atoms with Gasteiger partial charge >= 0.3 is 0 Å². The molecule has 0 radical (unpaired) electrons. The molecule has 0 unspecified atom stereocenters. The highest BCUT2D eigenvalue weighted by Crippen LogP contribution is 2.52. The Bertz CT molecular complexity index is 590. The van der Waals surface area contributed by atoms with E-state index in [1.165, 1.54) is 28.4 Å². The number of rotatable bonds is 1. The highest BCUT2D eigenvalue weighted by atomic mass is 79.9. The van der Waals surface area contributed by atoms with Crippen molar-refractivity contribution in [2.75, 3.05) is 14.1 Å². The van der Waals surface area contributed by atoms with E-state index in [2.05, 4.69) is 15.9 Å². The fourth-order valence-corrected chi connectivity index (χ4v) is 4.36. The van der Waals surface area contributed by atoms with Crippen molar-refractivity contribution in [2.24, 2.45) is 0 Å². The Morgan fingerprint density at radius 3 is 2.61 bits per heavy atom. The number of thioether (sulfide) groups is 2. The molecule has 1 amide bonds. The minimum absolute atomic E-state index is 0.210. The number of amides is 1. The summed E-state index contributed by atoms with van der Waals surface area (Å²) >= 11 is 6.36. The van der Waals surface area contributed by atoms with Gasteiger partial charge in [0.2, 0.25) is 0 Å². The Labute approximate surface area is 122 Å². The average molecular weight is 341 g/mol. The highest BCUT2D eigenvalue weighted by Gasteiger charge is 2.25. The number of benzene rings is 1. The van der Waals surface area contributed by atoms with Gasteiger partial charge in [-0.1, -0.05) is 39.5 Å². The number of carbonyl (C=O) groups is 1. The molecule has 0 N–H and O–H groups in total. The van der Waals surface area contributed by atoms with Gasteiger partial charge in [-0.3, -0.25) is 4.79 Å². The van der Waals surface area contributed by atoms with Crippen molar-refractivity contribution >= 4 is 45.4 Å². The summed E-state index contributed by atoms with van der Waals surface area (Å²) in [5.41, 5.74) is 0.210. The van der Waals surface area contributed by atoms with E-state index in [0.29, 0.717) is 0 Å². The largest absolute Gasteiger partial charge is 0.344 e. The summed E-state index contributed by atoms with van der Waals surface area (Å²) in [6.45, 7) is 0. The molecule has 0 bridgehead atoms. The third-order valence-corrected chi connectivity index (χ3v) is 5.28. The van der Waals surface area contributed by atoms with Crippen LogP contribution in [0.2, 0.25) is 0 Å². The SMILES string of the molecule is CN(C)C(=O)C(C#N)=C1Sc2ccc(Br)cc2S1. The molecule has 1 aliphatic heterocycles. The van der Waals surface area contributed by atoms with E-state index in [4.69, 9.17) is 5.26 Å². The number of nitriles is 1. The molecular formula is C12H9BrN2OS2. The Morgan fingerprint density at radius 1 is 1.33 bits per heavy atom. The molecule has 1 aliphatic rings. The van der Waals surface area contributed by atoms with Crippen LogP contribution < -0.4 is 0 Å². The number of hydrogen-bond acceptors (Lipinski definition) is 4. The first-order valence-corrected chi connectivity index (χ1v) is 7.47. The van der Waals surface area contributed by atoms with E-state index in [1.54, 1.807) is 14.1 Å². The Morgan fingerprint density at radius 2 is 2.00 bits per heavy atom. The van der Waals surface area contributed by atoms with E-state index < -0.39 is 0 Å². The molecule has 1 aromatic carbocycles. The van der Waals surface area contributed by atoms with Gasteiger partial charge in [-0.05, 0) is 18.2 Å². The summed E-state index contributed by atoms with van der Waals surface area (Å²) in [6.07, 6.45) is 0. The number of nitrogens with zero attached hydrogens (tertiary/aromatic N) is 2. The first kappa shape index (κ1) is 13.5. The van der Waals surface area contributed by atoms with Crippen LogP contribution in [0.1, 0.15) is 0 Å². The van der Waals surface area contributed by atoms with Gasteiger partial charge in [0, 0.05) is 28.4 Å². The molecule has 0 fully saturated rings. The molecule has 0 aromatic heterocycles. The number of hydrogen-bond donors (Lipinski definition) is 0. The summed E-state index contributed by atoms with van der Waals surface area (Å²) in [5.74, 6) is -0.251. The van der Waals surface area contributed by atoms with Crippen LogP contribution in [0.5, 0.6) is 0 Å². The standard InChI is InChI=1S/C12H9BrN2OS2/c1-15(2)11(16)8(6-14)12-17-9-4-3-7(13)5-10(9)18-12/h3-5H,1-2H3. The predicted octanol–water partition coefficient (Wildman–Crippen LogP) is 3.47. The summed E-state index contributed by atoms with van der Waals surface area (Å²) in [5, 5.41) is 9.15. The number of carbonyl (C=O) groups excluding carboxylic acids is 1. The van der Waals surface area contributed by atoms with Crippen LogP contribution >= 0.6 is 39.5 Å². The molecule has 3 nitrogen and oxygen atoms in total. The fraction of sp³-hybridized carbons (Fsp3) is 0.167. The summed E-state index contributed by atoms with van der Waals surface area (Å²) in [6, 6.07) is 7.94. The van der Waals surface area contributed by atoms with E-state index in [1.807, 2.05) is 24.3 Å². The first-order valence-electron chi connectivity index (χ1n) is 5.04. The first-order chi connectivity index (χ1) is 8.52. The lowest BCUT2D eigenvalue weighted by molar-refractivity contribution is -0.124. The Kier molecular flexibility index (Phi) is 4.05. The van der Waals surface area contributed by atoms with E-state index in [9.17, 15) is 4.79 Å². The number of halogens is 1. The zero-order chi connectivity index (χ0) is 13.3. The van der Waals surface area contributed by atoms with Gasteiger partial charge in [0.1, 0.15) is 11.6 Å². The van der Waals surface area contributed by atoms with Crippen molar-refractivity contribution in [3.05, 3.63) is 32.5 Å². The van der Waals surface area contributed by atoms with Crippen LogP contribution in [0.4, 0.5) is 0 Å². The monoisotopic (exact) mass is 340 g/mol. The van der Waals surface area contributed by atoms with Crippen LogP contribution in [0.25, 0.3) is 0 Å². The van der Waals surface area contributed by atoms with E-state index in [0.717, 1.165) is 18.5 Å². The van der Waals surface area contributed by atoms with Crippen molar-refractivity contribution < 1.29 is 4.79 Å². The molecule has 18 heavy (non-hydrogen) atoms. The number of fused-ring (bicyclic) bond motifs is 1. The van der Waals surface area contributed by atoms with Crippen molar-refractivity contribution in [3.63, 3.8) is 0 Å². The Hall–Kier alpha value is -0.900. The van der Waals surface area contributed by atoms with Crippen LogP contribution in [0.3, 0.4) is 0 Å². The van der Waals surface area contributed by atoms with Gasteiger partial charge in [0.05, 0.1) is 4.24 Å². The lowest BCUT2D eigenvalue weighted by Gasteiger charge is -2.09. The lowest BCUT2D eigenvalue weighted by atomic mass is 10.3. The zero-order valence-electron chi connectivity index (χ0n) is 9.73. The molecule has 2 rings (SSSR count). The van der Waals surface area contributed by atoms with Gasteiger partial charge in [-0.15, -0.1) is 0 Å². The summed E-state index contributed by atoms with van der Waals surface area (Å²) < 4.78 is 1.75. The molecule has 6 heteroatoms. The fourth-order valence-electron chi connectivity index (χ4n) is 1.37. The third kappa shape index (κ3) is 2.58. The van der Waals surface area contributed by atoms with Crippen LogP contribution in [-0.2, 0) is 4.79 Å². The van der Waals surface area contributed by atoms with Gasteiger partial charge in [-0.25, -0.2) is 0 Å². The molecule has 1 heterocycles.